The lowest BCUT2D eigenvalue weighted by Gasteiger charge is -2.36. The molecule has 1 aromatic rings. The van der Waals surface area contributed by atoms with Gasteiger partial charge in [0, 0.05) is 52.9 Å². The Bertz CT molecular complexity index is 643. The maximum absolute atomic E-state index is 12.3. The molecule has 2 fully saturated rings. The molecule has 1 amide bonds. The van der Waals surface area contributed by atoms with Gasteiger partial charge in [0.25, 0.3) is 0 Å². The second-order valence-corrected chi connectivity index (χ2v) is 7.75. The van der Waals surface area contributed by atoms with E-state index in [4.69, 9.17) is 0 Å². The number of guanidine groups is 1. The standard InChI is InChI=1S/C22H35N5O/c1-3-19-6-8-20(9-7-19)10-11-24-22(23-2)27-16-14-25(15-17-27)18-21(28)26-12-4-5-13-26/h6-9H,3-5,10-18H2,1-2H3,(H,23,24). The molecule has 0 unspecified atom stereocenters. The second kappa shape index (κ2) is 10.5. The first kappa shape index (κ1) is 20.6. The molecule has 0 bridgehead atoms. The zero-order valence-corrected chi connectivity index (χ0v) is 17.5. The summed E-state index contributed by atoms with van der Waals surface area (Å²) in [6.07, 6.45) is 4.39. The van der Waals surface area contributed by atoms with E-state index in [-0.39, 0.29) is 0 Å². The molecular formula is C22H35N5O. The lowest BCUT2D eigenvalue weighted by Crippen LogP contribution is -2.54. The number of nitrogens with one attached hydrogen (secondary N) is 1. The Morgan fingerprint density at radius 3 is 2.21 bits per heavy atom. The van der Waals surface area contributed by atoms with Crippen LogP contribution in [0, 0.1) is 0 Å². The maximum atomic E-state index is 12.3. The van der Waals surface area contributed by atoms with E-state index in [2.05, 4.69) is 51.3 Å². The monoisotopic (exact) mass is 385 g/mol. The van der Waals surface area contributed by atoms with Crippen molar-refractivity contribution in [3.8, 4) is 0 Å². The SMILES string of the molecule is CCc1ccc(CCNC(=NC)N2CCN(CC(=O)N3CCCC3)CC2)cc1. The summed E-state index contributed by atoms with van der Waals surface area (Å²) in [5.41, 5.74) is 2.74. The number of hydrogen-bond donors (Lipinski definition) is 1. The molecule has 28 heavy (non-hydrogen) atoms. The molecule has 2 saturated heterocycles. The van der Waals surface area contributed by atoms with Crippen LogP contribution >= 0.6 is 0 Å². The molecule has 3 rings (SSSR count). The van der Waals surface area contributed by atoms with Crippen molar-refractivity contribution >= 4 is 11.9 Å². The van der Waals surface area contributed by atoms with Crippen molar-refractivity contribution in [2.45, 2.75) is 32.6 Å². The fraction of sp³-hybridized carbons (Fsp3) is 0.636. The molecule has 0 atom stereocenters. The van der Waals surface area contributed by atoms with Crippen molar-refractivity contribution in [2.24, 2.45) is 4.99 Å². The minimum absolute atomic E-state index is 0.294. The highest BCUT2D eigenvalue weighted by molar-refractivity contribution is 5.80. The van der Waals surface area contributed by atoms with Gasteiger partial charge in [-0.3, -0.25) is 14.7 Å². The van der Waals surface area contributed by atoms with Gasteiger partial charge in [0.2, 0.25) is 5.91 Å². The van der Waals surface area contributed by atoms with Crippen molar-refractivity contribution in [3.05, 3.63) is 35.4 Å². The third kappa shape index (κ3) is 5.71. The van der Waals surface area contributed by atoms with Crippen LogP contribution in [0.2, 0.25) is 0 Å². The van der Waals surface area contributed by atoms with Gasteiger partial charge in [-0.15, -0.1) is 0 Å². The lowest BCUT2D eigenvalue weighted by atomic mass is 10.1. The van der Waals surface area contributed by atoms with Gasteiger partial charge in [0.05, 0.1) is 6.54 Å². The van der Waals surface area contributed by atoms with Gasteiger partial charge in [-0.1, -0.05) is 31.2 Å². The number of carbonyl (C=O) groups excluding carboxylic acids is 1. The van der Waals surface area contributed by atoms with Gasteiger partial charge in [-0.05, 0) is 36.8 Å². The van der Waals surface area contributed by atoms with Crippen LogP contribution < -0.4 is 5.32 Å². The fourth-order valence-electron chi connectivity index (χ4n) is 3.97. The van der Waals surface area contributed by atoms with Crippen molar-refractivity contribution in [1.82, 2.24) is 20.0 Å². The van der Waals surface area contributed by atoms with E-state index in [1.807, 2.05) is 11.9 Å². The van der Waals surface area contributed by atoms with E-state index in [0.29, 0.717) is 12.5 Å². The topological polar surface area (TPSA) is 51.2 Å². The van der Waals surface area contributed by atoms with Crippen LogP contribution in [-0.4, -0.2) is 86.0 Å². The number of likely N-dealkylation sites (tertiary alicyclic amines) is 1. The van der Waals surface area contributed by atoms with Crippen molar-refractivity contribution in [1.29, 1.82) is 0 Å². The molecule has 2 aliphatic heterocycles. The summed E-state index contributed by atoms with van der Waals surface area (Å²) >= 11 is 0. The third-order valence-corrected chi connectivity index (χ3v) is 5.83. The van der Waals surface area contributed by atoms with E-state index >= 15 is 0 Å². The second-order valence-electron chi connectivity index (χ2n) is 7.75. The van der Waals surface area contributed by atoms with Crippen molar-refractivity contribution in [3.63, 3.8) is 0 Å². The summed E-state index contributed by atoms with van der Waals surface area (Å²) in [7, 11) is 1.85. The minimum Gasteiger partial charge on any atom is -0.356 e. The zero-order valence-electron chi connectivity index (χ0n) is 17.5. The van der Waals surface area contributed by atoms with Gasteiger partial charge < -0.3 is 15.1 Å². The minimum atomic E-state index is 0.294. The van der Waals surface area contributed by atoms with Crippen LogP contribution in [0.3, 0.4) is 0 Å². The predicted octanol–water partition coefficient (Wildman–Crippen LogP) is 1.61. The largest absolute Gasteiger partial charge is 0.356 e. The van der Waals surface area contributed by atoms with Crippen LogP contribution in [0.5, 0.6) is 0 Å². The number of aryl methyl sites for hydroxylation is 1. The smallest absolute Gasteiger partial charge is 0.236 e. The first-order valence-electron chi connectivity index (χ1n) is 10.7. The van der Waals surface area contributed by atoms with E-state index in [0.717, 1.165) is 77.5 Å². The zero-order chi connectivity index (χ0) is 19.8. The van der Waals surface area contributed by atoms with Crippen LogP contribution in [0.1, 0.15) is 30.9 Å². The van der Waals surface area contributed by atoms with E-state index < -0.39 is 0 Å². The van der Waals surface area contributed by atoms with Crippen LogP contribution in [0.4, 0.5) is 0 Å². The molecule has 0 radical (unpaired) electrons. The molecule has 154 valence electrons. The molecule has 0 aromatic heterocycles. The normalized spacial score (nSPS) is 18.6. The Balaban J connectivity index is 1.38. The van der Waals surface area contributed by atoms with Crippen LogP contribution in [0.15, 0.2) is 29.3 Å². The molecule has 0 aliphatic carbocycles. The van der Waals surface area contributed by atoms with Crippen molar-refractivity contribution < 1.29 is 4.79 Å². The highest BCUT2D eigenvalue weighted by Crippen LogP contribution is 2.10. The number of piperazine rings is 1. The highest BCUT2D eigenvalue weighted by atomic mass is 16.2. The fourth-order valence-corrected chi connectivity index (χ4v) is 3.97. The predicted molar refractivity (Wildman–Crippen MR) is 115 cm³/mol. The molecule has 0 spiro atoms. The first-order chi connectivity index (χ1) is 13.7. The average molecular weight is 386 g/mol. The summed E-state index contributed by atoms with van der Waals surface area (Å²) in [4.78, 5) is 23.4. The van der Waals surface area contributed by atoms with Crippen molar-refractivity contribution in [2.75, 3.05) is 59.4 Å². The molecular weight excluding hydrogens is 350 g/mol. The van der Waals surface area contributed by atoms with Crippen LogP contribution in [0.25, 0.3) is 0 Å². The Kier molecular flexibility index (Phi) is 7.71. The van der Waals surface area contributed by atoms with Gasteiger partial charge in [-0.2, -0.15) is 0 Å². The van der Waals surface area contributed by atoms with Gasteiger partial charge in [-0.25, -0.2) is 0 Å². The number of hydrogen-bond acceptors (Lipinski definition) is 3. The Morgan fingerprint density at radius 2 is 1.61 bits per heavy atom. The number of nitrogens with zero attached hydrogens (tertiary/aromatic N) is 4. The summed E-state index contributed by atoms with van der Waals surface area (Å²) in [5.74, 6) is 1.26. The highest BCUT2D eigenvalue weighted by Gasteiger charge is 2.24. The maximum Gasteiger partial charge on any atom is 0.236 e. The number of amides is 1. The summed E-state index contributed by atoms with van der Waals surface area (Å²) in [6.45, 7) is 9.17. The van der Waals surface area contributed by atoms with Gasteiger partial charge in [0.15, 0.2) is 5.96 Å². The number of benzene rings is 1. The quantitative estimate of drug-likeness (QED) is 0.597. The molecule has 0 saturated carbocycles. The molecule has 1 aromatic carbocycles. The molecule has 6 nitrogen and oxygen atoms in total. The average Bonchev–Trinajstić information content (AvgIpc) is 3.28. The molecule has 2 heterocycles. The Hall–Kier alpha value is -2.08. The Labute approximate surface area is 169 Å². The summed E-state index contributed by atoms with van der Waals surface area (Å²) in [5, 5.41) is 3.50. The van der Waals surface area contributed by atoms with E-state index in [1.165, 1.54) is 11.1 Å². The first-order valence-corrected chi connectivity index (χ1v) is 10.7. The number of rotatable bonds is 6. The van der Waals surface area contributed by atoms with Gasteiger partial charge in [0.1, 0.15) is 0 Å². The lowest BCUT2D eigenvalue weighted by molar-refractivity contribution is -0.131. The van der Waals surface area contributed by atoms with Gasteiger partial charge >= 0.3 is 0 Å². The Morgan fingerprint density at radius 1 is 0.964 bits per heavy atom. The van der Waals surface area contributed by atoms with E-state index in [1.54, 1.807) is 0 Å². The summed E-state index contributed by atoms with van der Waals surface area (Å²) < 4.78 is 0. The molecule has 6 heteroatoms. The number of aliphatic imine (C=N–C) groups is 1. The number of carbonyl (C=O) groups is 1. The molecule has 1 N–H and O–H groups in total. The summed E-state index contributed by atoms with van der Waals surface area (Å²) in [6, 6.07) is 8.87. The third-order valence-electron chi connectivity index (χ3n) is 5.83. The van der Waals surface area contributed by atoms with Crippen LogP contribution in [-0.2, 0) is 17.6 Å². The molecule has 2 aliphatic rings. The van der Waals surface area contributed by atoms with E-state index in [9.17, 15) is 4.79 Å².